The molecule has 38 heavy (non-hydrogen) atoms. The van der Waals surface area contributed by atoms with Gasteiger partial charge in [0.2, 0.25) is 0 Å². The maximum Gasteiger partial charge on any atom is 0.266 e. The molecule has 0 atom stereocenters. The number of hydrogen-bond acceptors (Lipinski definition) is 6. The molecule has 1 aromatic heterocycles. The highest BCUT2D eigenvalue weighted by Gasteiger charge is 2.32. The molecule has 3 aromatic carbocycles. The molecule has 5 rings (SSSR count). The molecule has 0 radical (unpaired) electrons. The Bertz CT molecular complexity index is 1510. The molecule has 1 aliphatic rings. The van der Waals surface area contributed by atoms with Gasteiger partial charge in [-0.15, -0.1) is 0 Å². The Labute approximate surface area is 231 Å². The van der Waals surface area contributed by atoms with E-state index in [4.69, 9.17) is 26.8 Å². The predicted octanol–water partition coefficient (Wildman–Crippen LogP) is 6.66. The summed E-state index contributed by atoms with van der Waals surface area (Å²) in [5, 5.41) is 4.91. The minimum Gasteiger partial charge on any atom is -0.497 e. The third kappa shape index (κ3) is 5.37. The van der Waals surface area contributed by atoms with Crippen molar-refractivity contribution in [1.82, 2.24) is 14.7 Å². The number of para-hydroxylation sites is 1. The first-order valence-electron chi connectivity index (χ1n) is 12.2. The number of hydrogen-bond donors (Lipinski definition) is 0. The van der Waals surface area contributed by atoms with Gasteiger partial charge >= 0.3 is 0 Å². The molecule has 0 saturated carbocycles. The summed E-state index contributed by atoms with van der Waals surface area (Å²) in [5.74, 6) is 1.50. The largest absolute Gasteiger partial charge is 0.497 e. The van der Waals surface area contributed by atoms with Crippen LogP contribution < -0.4 is 9.47 Å². The summed E-state index contributed by atoms with van der Waals surface area (Å²) >= 11 is 6.90. The Morgan fingerprint density at radius 2 is 1.82 bits per heavy atom. The van der Waals surface area contributed by atoms with Crippen molar-refractivity contribution in [2.24, 2.45) is 0 Å². The number of aromatic nitrogens is 2. The zero-order valence-corrected chi connectivity index (χ0v) is 23.0. The summed E-state index contributed by atoms with van der Waals surface area (Å²) in [6.07, 6.45) is 3.84. The molecule has 0 bridgehead atoms. The van der Waals surface area contributed by atoms with Crippen molar-refractivity contribution in [3.8, 4) is 28.4 Å². The maximum atomic E-state index is 13.4. The van der Waals surface area contributed by atoms with Crippen LogP contribution in [-0.2, 0) is 11.3 Å². The number of thioether (sulfide) groups is 1. The lowest BCUT2D eigenvalue weighted by Gasteiger charge is -2.14. The average molecular weight is 542 g/mol. The van der Waals surface area contributed by atoms with E-state index in [-0.39, 0.29) is 5.91 Å². The van der Waals surface area contributed by atoms with Crippen LogP contribution in [0.4, 0.5) is 0 Å². The highest BCUT2D eigenvalue weighted by atomic mass is 32.2. The molecule has 2 heterocycles. The van der Waals surface area contributed by atoms with Gasteiger partial charge in [0, 0.05) is 17.3 Å². The van der Waals surface area contributed by atoms with Crippen molar-refractivity contribution in [3.63, 3.8) is 0 Å². The molecule has 1 aliphatic heterocycles. The smallest absolute Gasteiger partial charge is 0.266 e. The highest BCUT2D eigenvalue weighted by molar-refractivity contribution is 8.26. The second-order valence-corrected chi connectivity index (χ2v) is 10.4. The van der Waals surface area contributed by atoms with Crippen LogP contribution in [-0.4, -0.2) is 38.6 Å². The minimum absolute atomic E-state index is 0.114. The van der Waals surface area contributed by atoms with E-state index >= 15 is 0 Å². The molecule has 1 saturated heterocycles. The van der Waals surface area contributed by atoms with Gasteiger partial charge in [0.15, 0.2) is 0 Å². The van der Waals surface area contributed by atoms with Crippen molar-refractivity contribution in [2.75, 3.05) is 13.7 Å². The van der Waals surface area contributed by atoms with Gasteiger partial charge in [0.25, 0.3) is 5.91 Å². The minimum atomic E-state index is -0.114. The second-order valence-electron chi connectivity index (χ2n) is 8.74. The maximum absolute atomic E-state index is 13.4. The van der Waals surface area contributed by atoms with Gasteiger partial charge in [-0.25, -0.2) is 4.68 Å². The molecule has 192 valence electrons. The molecule has 0 N–H and O–H groups in total. The number of ether oxygens (including phenoxy) is 2. The normalized spacial score (nSPS) is 14.4. The van der Waals surface area contributed by atoms with Crippen molar-refractivity contribution < 1.29 is 14.3 Å². The zero-order valence-electron chi connectivity index (χ0n) is 21.4. The van der Waals surface area contributed by atoms with Gasteiger partial charge in [-0.05, 0) is 73.5 Å². The number of carbonyl (C=O) groups excluding carboxylic acids is 1. The summed E-state index contributed by atoms with van der Waals surface area (Å²) in [5.41, 5.74) is 5.49. The van der Waals surface area contributed by atoms with Crippen LogP contribution in [0.25, 0.3) is 23.0 Å². The lowest BCUT2D eigenvalue weighted by Crippen LogP contribution is -2.27. The van der Waals surface area contributed by atoms with E-state index in [1.165, 1.54) is 11.8 Å². The van der Waals surface area contributed by atoms with Crippen molar-refractivity contribution in [3.05, 3.63) is 101 Å². The molecule has 4 aromatic rings. The van der Waals surface area contributed by atoms with Crippen LogP contribution in [0.3, 0.4) is 0 Å². The van der Waals surface area contributed by atoms with Gasteiger partial charge in [0.05, 0.1) is 30.9 Å². The molecule has 0 unspecified atom stereocenters. The number of aryl methyl sites for hydroxylation is 1. The van der Waals surface area contributed by atoms with E-state index in [1.54, 1.807) is 12.0 Å². The first-order valence-corrected chi connectivity index (χ1v) is 13.5. The van der Waals surface area contributed by atoms with Crippen LogP contribution in [0.5, 0.6) is 11.5 Å². The number of benzene rings is 3. The molecule has 0 spiro atoms. The number of methoxy groups -OCH3 is 1. The van der Waals surface area contributed by atoms with Gasteiger partial charge in [-0.1, -0.05) is 54.3 Å². The van der Waals surface area contributed by atoms with Crippen LogP contribution >= 0.6 is 24.0 Å². The zero-order chi connectivity index (χ0) is 26.6. The lowest BCUT2D eigenvalue weighted by atomic mass is 10.0. The quantitative estimate of drug-likeness (QED) is 0.184. The van der Waals surface area contributed by atoms with E-state index in [0.717, 1.165) is 45.1 Å². The first-order chi connectivity index (χ1) is 18.5. The SMILES string of the molecule is CCOc1ccc(-c2nn(-c3ccccc3)cc2/C=C2\SC(=S)N(Cc3ccc(OC)cc3)C2=O)cc1C. The predicted molar refractivity (Wildman–Crippen MR) is 157 cm³/mol. The van der Waals surface area contributed by atoms with Crippen LogP contribution in [0.15, 0.2) is 83.9 Å². The standard InChI is InChI=1S/C30H27N3O3S2/c1-4-36-26-15-12-22(16-20(26)2)28-23(19-33(31-28)24-8-6-5-7-9-24)17-27-29(34)32(30(37)38-27)18-21-10-13-25(35-3)14-11-21/h5-17,19H,4,18H2,1-3H3/b27-17-. The van der Waals surface area contributed by atoms with E-state index in [1.807, 2.05) is 97.5 Å². The average Bonchev–Trinajstić information content (AvgIpc) is 3.47. The molecule has 1 fully saturated rings. The monoisotopic (exact) mass is 541 g/mol. The Morgan fingerprint density at radius 1 is 1.05 bits per heavy atom. The number of thiocarbonyl (C=S) groups is 1. The van der Waals surface area contributed by atoms with Crippen molar-refractivity contribution >= 4 is 40.3 Å². The molecule has 1 amide bonds. The number of rotatable bonds is 8. The Kier molecular flexibility index (Phi) is 7.62. The summed E-state index contributed by atoms with van der Waals surface area (Å²) < 4.78 is 13.3. The fourth-order valence-corrected chi connectivity index (χ4v) is 5.48. The fraction of sp³-hybridized carbons (Fsp3) is 0.167. The number of amides is 1. The second kappa shape index (κ2) is 11.2. The molecule has 8 heteroatoms. The van der Waals surface area contributed by atoms with Crippen LogP contribution in [0.1, 0.15) is 23.6 Å². The van der Waals surface area contributed by atoms with Gasteiger partial charge in [-0.2, -0.15) is 5.10 Å². The van der Waals surface area contributed by atoms with E-state index in [0.29, 0.717) is 22.4 Å². The Balaban J connectivity index is 1.50. The molecular formula is C30H27N3O3S2. The van der Waals surface area contributed by atoms with E-state index < -0.39 is 0 Å². The fourth-order valence-electron chi connectivity index (χ4n) is 4.24. The number of nitrogens with zero attached hydrogens (tertiary/aromatic N) is 3. The van der Waals surface area contributed by atoms with Gasteiger partial charge in [0.1, 0.15) is 21.5 Å². The molecule has 6 nitrogen and oxygen atoms in total. The van der Waals surface area contributed by atoms with Crippen LogP contribution in [0.2, 0.25) is 0 Å². The highest BCUT2D eigenvalue weighted by Crippen LogP contribution is 2.36. The first kappa shape index (κ1) is 25.8. The summed E-state index contributed by atoms with van der Waals surface area (Å²) in [6.45, 7) is 5.00. The molecule has 0 aliphatic carbocycles. The summed E-state index contributed by atoms with van der Waals surface area (Å²) in [7, 11) is 1.63. The van der Waals surface area contributed by atoms with Gasteiger partial charge < -0.3 is 9.47 Å². The lowest BCUT2D eigenvalue weighted by molar-refractivity contribution is -0.122. The Hall–Kier alpha value is -3.88. The van der Waals surface area contributed by atoms with Crippen molar-refractivity contribution in [2.45, 2.75) is 20.4 Å². The van der Waals surface area contributed by atoms with E-state index in [9.17, 15) is 4.79 Å². The van der Waals surface area contributed by atoms with Crippen molar-refractivity contribution in [1.29, 1.82) is 0 Å². The summed E-state index contributed by atoms with van der Waals surface area (Å²) in [4.78, 5) is 15.6. The van der Waals surface area contributed by atoms with Gasteiger partial charge in [-0.3, -0.25) is 9.69 Å². The van der Waals surface area contributed by atoms with Crippen LogP contribution in [0, 0.1) is 6.92 Å². The third-order valence-electron chi connectivity index (χ3n) is 6.17. The topological polar surface area (TPSA) is 56.6 Å². The Morgan fingerprint density at radius 3 is 2.50 bits per heavy atom. The number of carbonyl (C=O) groups is 1. The third-order valence-corrected chi connectivity index (χ3v) is 7.55. The molecular weight excluding hydrogens is 514 g/mol. The summed E-state index contributed by atoms with van der Waals surface area (Å²) in [6, 6.07) is 23.6. The van der Waals surface area contributed by atoms with E-state index in [2.05, 4.69) is 6.07 Å².